The summed E-state index contributed by atoms with van der Waals surface area (Å²) in [5.41, 5.74) is 2.44. The van der Waals surface area contributed by atoms with E-state index < -0.39 is 0 Å². The molecule has 86 valence electrons. The Morgan fingerprint density at radius 1 is 1.38 bits per heavy atom. The number of rotatable bonds is 3. The molecule has 0 aromatic rings. The van der Waals surface area contributed by atoms with E-state index in [2.05, 4.69) is 23.4 Å². The summed E-state index contributed by atoms with van der Waals surface area (Å²) in [5, 5.41) is 0. The minimum atomic E-state index is 0. The fourth-order valence-electron chi connectivity index (χ4n) is 1.11. The van der Waals surface area contributed by atoms with Crippen molar-refractivity contribution in [3.63, 3.8) is 0 Å². The molecule has 16 heavy (non-hydrogen) atoms. The molecule has 1 fully saturated rings. The highest BCUT2D eigenvalue weighted by molar-refractivity contribution is 5.98. The molecule has 0 aromatic heterocycles. The highest BCUT2D eigenvalue weighted by Gasteiger charge is 2.26. The fourth-order valence-corrected chi connectivity index (χ4v) is 1.11. The summed E-state index contributed by atoms with van der Waals surface area (Å²) in [7, 11) is 0. The number of terminal acetylenes is 2. The lowest BCUT2D eigenvalue weighted by atomic mass is 10.1. The molecule has 0 amide bonds. The van der Waals surface area contributed by atoms with Crippen LogP contribution in [-0.2, 0) is 0 Å². The first-order valence-corrected chi connectivity index (χ1v) is 5.56. The predicted octanol–water partition coefficient (Wildman–Crippen LogP) is 3.84. The normalized spacial score (nSPS) is 15.3. The maximum atomic E-state index is 5.30. The van der Waals surface area contributed by atoms with Crippen LogP contribution in [0.2, 0.25) is 0 Å². The van der Waals surface area contributed by atoms with Crippen LogP contribution < -0.4 is 0 Å². The highest BCUT2D eigenvalue weighted by Crippen LogP contribution is 2.39. The van der Waals surface area contributed by atoms with Gasteiger partial charge in [-0.05, 0) is 31.3 Å². The molecule has 0 unspecified atom stereocenters. The predicted molar refractivity (Wildman–Crippen MR) is 74.2 cm³/mol. The first-order chi connectivity index (χ1) is 7.69. The zero-order valence-electron chi connectivity index (χ0n) is 10.4. The van der Waals surface area contributed by atoms with Crippen molar-refractivity contribution in [3.8, 4) is 24.7 Å². The van der Waals surface area contributed by atoms with Crippen molar-refractivity contribution in [2.75, 3.05) is 0 Å². The minimum absolute atomic E-state index is 0. The van der Waals surface area contributed by atoms with E-state index in [4.69, 9.17) is 12.8 Å². The zero-order valence-corrected chi connectivity index (χ0v) is 10.4. The summed E-state index contributed by atoms with van der Waals surface area (Å²) < 4.78 is 0. The van der Waals surface area contributed by atoms with E-state index in [1.165, 1.54) is 12.8 Å². The van der Waals surface area contributed by atoms with Crippen molar-refractivity contribution >= 4 is 5.71 Å². The second kappa shape index (κ2) is 7.55. The van der Waals surface area contributed by atoms with Crippen molar-refractivity contribution in [1.82, 2.24) is 0 Å². The molecule has 0 bridgehead atoms. The standard InChI is InChI=1S/C13H13N.C2H6.H2/c1-5-10(3)13(12-7-8-12)9-14-11(4)6-2;1-2;/h1-2,9,12H,3,7-8H2,4H3;1-2H3;1H/b13-9+,14-11?;;. The Bertz CT molecular complexity index is 384. The van der Waals surface area contributed by atoms with Crippen molar-refractivity contribution in [2.24, 2.45) is 10.9 Å². The van der Waals surface area contributed by atoms with Gasteiger partial charge >= 0.3 is 0 Å². The largest absolute Gasteiger partial charge is 0.252 e. The topological polar surface area (TPSA) is 12.4 Å². The molecule has 1 saturated carbocycles. The van der Waals surface area contributed by atoms with E-state index in [-0.39, 0.29) is 1.43 Å². The van der Waals surface area contributed by atoms with Crippen molar-refractivity contribution < 1.29 is 1.43 Å². The molecule has 0 spiro atoms. The summed E-state index contributed by atoms with van der Waals surface area (Å²) in [4.78, 5) is 4.14. The van der Waals surface area contributed by atoms with Gasteiger partial charge in [-0.3, -0.25) is 4.99 Å². The average Bonchev–Trinajstić information content (AvgIpc) is 3.15. The third-order valence-electron chi connectivity index (χ3n) is 2.15. The lowest BCUT2D eigenvalue weighted by molar-refractivity contribution is 1.03. The van der Waals surface area contributed by atoms with E-state index in [0.29, 0.717) is 11.6 Å². The highest BCUT2D eigenvalue weighted by atomic mass is 14.7. The number of nitrogens with zero attached hydrogens (tertiary/aromatic N) is 1. The molecule has 0 N–H and O–H groups in total. The number of aliphatic imine (C=N–C) groups is 1. The maximum absolute atomic E-state index is 5.30. The molecule has 1 aliphatic carbocycles. The summed E-state index contributed by atoms with van der Waals surface area (Å²) in [5.74, 6) is 5.55. The van der Waals surface area contributed by atoms with Gasteiger partial charge in [0.05, 0.1) is 5.71 Å². The van der Waals surface area contributed by atoms with Gasteiger partial charge < -0.3 is 0 Å². The van der Waals surface area contributed by atoms with E-state index in [1.54, 1.807) is 13.1 Å². The van der Waals surface area contributed by atoms with Gasteiger partial charge in [-0.25, -0.2) is 0 Å². The second-order valence-corrected chi connectivity index (χ2v) is 3.34. The van der Waals surface area contributed by atoms with Crippen LogP contribution in [0.1, 0.15) is 35.0 Å². The summed E-state index contributed by atoms with van der Waals surface area (Å²) in [6.45, 7) is 9.60. The molecule has 1 nitrogen and oxygen atoms in total. The first kappa shape index (κ1) is 14.3. The molecular formula is C15H21N. The third kappa shape index (κ3) is 4.67. The molecule has 0 aromatic carbocycles. The monoisotopic (exact) mass is 215 g/mol. The van der Waals surface area contributed by atoms with Gasteiger partial charge in [0.2, 0.25) is 0 Å². The lowest BCUT2D eigenvalue weighted by Gasteiger charge is -2.00. The number of allylic oxidation sites excluding steroid dienone is 2. The van der Waals surface area contributed by atoms with Crippen LogP contribution in [-0.4, -0.2) is 5.71 Å². The smallest absolute Gasteiger partial charge is 0.0865 e. The molecule has 1 rings (SSSR count). The van der Waals surface area contributed by atoms with E-state index in [1.807, 2.05) is 13.8 Å². The van der Waals surface area contributed by atoms with Crippen LogP contribution >= 0.6 is 0 Å². The molecular weight excluding hydrogens is 194 g/mol. The maximum Gasteiger partial charge on any atom is 0.0865 e. The van der Waals surface area contributed by atoms with Crippen LogP contribution in [0, 0.1) is 30.6 Å². The van der Waals surface area contributed by atoms with Crippen LogP contribution in [0.5, 0.6) is 0 Å². The van der Waals surface area contributed by atoms with Crippen molar-refractivity contribution in [2.45, 2.75) is 33.6 Å². The first-order valence-electron chi connectivity index (χ1n) is 5.56. The van der Waals surface area contributed by atoms with Gasteiger partial charge in [0.25, 0.3) is 0 Å². The summed E-state index contributed by atoms with van der Waals surface area (Å²) >= 11 is 0. The summed E-state index contributed by atoms with van der Waals surface area (Å²) in [6, 6.07) is 0. The van der Waals surface area contributed by atoms with Gasteiger partial charge in [-0.2, -0.15) is 0 Å². The Kier molecular flexibility index (Phi) is 6.73. The number of hydrogen-bond acceptors (Lipinski definition) is 1. The van der Waals surface area contributed by atoms with Gasteiger partial charge in [-0.1, -0.05) is 32.3 Å². The van der Waals surface area contributed by atoms with Gasteiger partial charge in [0.1, 0.15) is 0 Å². The molecule has 1 aliphatic rings. The van der Waals surface area contributed by atoms with E-state index in [0.717, 1.165) is 11.1 Å². The quantitative estimate of drug-likeness (QED) is 0.385. The Hall–Kier alpha value is -1.73. The van der Waals surface area contributed by atoms with Crippen molar-refractivity contribution in [1.29, 1.82) is 0 Å². The van der Waals surface area contributed by atoms with E-state index in [9.17, 15) is 0 Å². The molecule has 0 radical (unpaired) electrons. The number of hydrogen-bond donors (Lipinski definition) is 0. The zero-order chi connectivity index (χ0) is 12.6. The van der Waals surface area contributed by atoms with Crippen LogP contribution in [0.3, 0.4) is 0 Å². The third-order valence-corrected chi connectivity index (χ3v) is 2.15. The fraction of sp³-hybridized carbons (Fsp3) is 0.400. The van der Waals surface area contributed by atoms with Crippen LogP contribution in [0.15, 0.2) is 28.9 Å². The van der Waals surface area contributed by atoms with Gasteiger partial charge in [0, 0.05) is 13.2 Å². The molecule has 1 heteroatoms. The Morgan fingerprint density at radius 2 is 1.94 bits per heavy atom. The Morgan fingerprint density at radius 3 is 2.31 bits per heavy atom. The Labute approximate surface area is 101 Å². The molecule has 0 saturated heterocycles. The molecule has 0 aliphatic heterocycles. The Balaban J connectivity index is 0. The van der Waals surface area contributed by atoms with Gasteiger partial charge in [0.15, 0.2) is 0 Å². The lowest BCUT2D eigenvalue weighted by Crippen LogP contribution is -1.89. The summed E-state index contributed by atoms with van der Waals surface area (Å²) in [6.07, 6.45) is 14.6. The SMILES string of the molecule is C#CC(=C)/C(=C\N=C(C)C#C)C1CC1.CC.[HH]. The minimum Gasteiger partial charge on any atom is -0.252 e. The second-order valence-electron chi connectivity index (χ2n) is 3.34. The van der Waals surface area contributed by atoms with Crippen molar-refractivity contribution in [3.05, 3.63) is 23.9 Å². The molecule has 0 heterocycles. The average molecular weight is 215 g/mol. The van der Waals surface area contributed by atoms with Crippen LogP contribution in [0.4, 0.5) is 0 Å². The van der Waals surface area contributed by atoms with E-state index >= 15 is 0 Å². The van der Waals surface area contributed by atoms with Crippen LogP contribution in [0.25, 0.3) is 0 Å². The molecule has 0 atom stereocenters. The van der Waals surface area contributed by atoms with Gasteiger partial charge in [-0.15, -0.1) is 12.8 Å².